The number of imidazole rings is 1. The van der Waals surface area contributed by atoms with E-state index in [9.17, 15) is 4.79 Å². The fraction of sp³-hybridized carbons (Fsp3) is 0.250. The summed E-state index contributed by atoms with van der Waals surface area (Å²) in [6.07, 6.45) is -0.547. The van der Waals surface area contributed by atoms with Gasteiger partial charge in [0.25, 0.3) is 0 Å². The molecule has 44 heavy (non-hydrogen) atoms. The van der Waals surface area contributed by atoms with E-state index in [1.165, 1.54) is 6.92 Å². The number of rotatable bonds is 9. The first-order valence-corrected chi connectivity index (χ1v) is 14.3. The topological polar surface area (TPSA) is 136 Å². The van der Waals surface area contributed by atoms with E-state index in [-0.39, 0.29) is 17.0 Å². The van der Waals surface area contributed by atoms with Crippen LogP contribution in [0.5, 0.6) is 11.5 Å². The third kappa shape index (κ3) is 5.39. The molecule has 1 aliphatic heterocycles. The molecule has 0 bridgehead atoms. The fourth-order valence-corrected chi connectivity index (χ4v) is 5.83. The normalized spacial score (nSPS) is 18.3. The molecule has 0 amide bonds. The van der Waals surface area contributed by atoms with Crippen molar-refractivity contribution in [3.05, 3.63) is 107 Å². The quantitative estimate of drug-likeness (QED) is 0.129. The molecule has 226 valence electrons. The summed E-state index contributed by atoms with van der Waals surface area (Å²) in [5, 5.41) is 0. The number of nitrogen functional groups attached to an aromatic ring is 1. The zero-order chi connectivity index (χ0) is 30.8. The molecule has 6 rings (SSSR count). The number of nitrogens with zero attached hydrogens (tertiary/aromatic N) is 3. The molecule has 0 saturated carbocycles. The van der Waals surface area contributed by atoms with Crippen LogP contribution in [0, 0.1) is 4.64 Å². The summed E-state index contributed by atoms with van der Waals surface area (Å²) in [7, 11) is 3.23. The summed E-state index contributed by atoms with van der Waals surface area (Å²) >= 11 is 5.36. The van der Waals surface area contributed by atoms with Crippen LogP contribution in [0.15, 0.2) is 85.2 Å². The number of H-pyrrole nitrogens is 1. The number of fused-ring (bicyclic) bond motifs is 1. The maximum atomic E-state index is 12.3. The first kappa shape index (κ1) is 29.3. The smallest absolute Gasteiger partial charge is 0.303 e. The van der Waals surface area contributed by atoms with E-state index in [2.05, 4.69) is 15.0 Å². The van der Waals surface area contributed by atoms with Crippen molar-refractivity contribution < 1.29 is 28.5 Å². The first-order chi connectivity index (χ1) is 21.3. The Morgan fingerprint density at radius 1 is 0.977 bits per heavy atom. The van der Waals surface area contributed by atoms with Crippen LogP contribution >= 0.6 is 12.2 Å². The number of hydrogen-bond donors (Lipinski definition) is 2. The molecule has 0 spiro atoms. The minimum Gasteiger partial charge on any atom is -0.497 e. The lowest BCUT2D eigenvalue weighted by Gasteiger charge is -2.38. The van der Waals surface area contributed by atoms with Crippen molar-refractivity contribution in [2.75, 3.05) is 20.0 Å². The number of benzene rings is 3. The number of carbonyl (C=O) groups excluding carboxylic acids is 1. The average Bonchev–Trinajstić information content (AvgIpc) is 3.64. The van der Waals surface area contributed by atoms with Gasteiger partial charge in [0.05, 0.1) is 20.5 Å². The Morgan fingerprint density at radius 3 is 2.14 bits per heavy atom. The predicted molar refractivity (Wildman–Crippen MR) is 165 cm³/mol. The Kier molecular flexibility index (Phi) is 8.04. The Bertz CT molecular complexity index is 1780. The van der Waals surface area contributed by atoms with Gasteiger partial charge in [-0.2, -0.15) is 0 Å². The molecule has 3 N–H and O–H groups in total. The fourth-order valence-electron chi connectivity index (χ4n) is 5.58. The van der Waals surface area contributed by atoms with E-state index in [1.54, 1.807) is 25.1 Å². The van der Waals surface area contributed by atoms with Gasteiger partial charge in [-0.15, -0.1) is 0 Å². The molecule has 0 unspecified atom stereocenters. The third-order valence-corrected chi connectivity index (χ3v) is 7.87. The second-order valence-corrected chi connectivity index (χ2v) is 10.6. The van der Waals surface area contributed by atoms with Crippen molar-refractivity contribution in [1.29, 1.82) is 0 Å². The van der Waals surface area contributed by atoms with E-state index >= 15 is 0 Å². The van der Waals surface area contributed by atoms with Gasteiger partial charge in [-0.3, -0.25) is 9.36 Å². The minimum atomic E-state index is -1.21. The first-order valence-electron chi connectivity index (χ1n) is 13.9. The van der Waals surface area contributed by atoms with Gasteiger partial charge >= 0.3 is 5.97 Å². The highest BCUT2D eigenvalue weighted by Gasteiger charge is 2.48. The highest BCUT2D eigenvalue weighted by molar-refractivity contribution is 7.71. The third-order valence-electron chi connectivity index (χ3n) is 7.59. The molecule has 3 atom stereocenters. The van der Waals surface area contributed by atoms with Crippen LogP contribution in [0.4, 0.5) is 5.95 Å². The number of aromatic amines is 1. The van der Waals surface area contributed by atoms with Gasteiger partial charge in [0.15, 0.2) is 23.0 Å². The van der Waals surface area contributed by atoms with Gasteiger partial charge in [0.2, 0.25) is 0 Å². The molecule has 0 aliphatic carbocycles. The van der Waals surface area contributed by atoms with Crippen molar-refractivity contribution in [3.63, 3.8) is 0 Å². The van der Waals surface area contributed by atoms with Crippen molar-refractivity contribution in [3.8, 4) is 11.5 Å². The zero-order valence-electron chi connectivity index (χ0n) is 24.3. The highest BCUT2D eigenvalue weighted by Crippen LogP contribution is 2.46. The van der Waals surface area contributed by atoms with E-state index in [1.807, 2.05) is 78.9 Å². The second kappa shape index (κ2) is 12.1. The lowest BCUT2D eigenvalue weighted by Crippen LogP contribution is -2.41. The van der Waals surface area contributed by atoms with Crippen molar-refractivity contribution >= 4 is 35.3 Å². The van der Waals surface area contributed by atoms with Crippen LogP contribution in [0.25, 0.3) is 11.2 Å². The Morgan fingerprint density at radius 2 is 1.57 bits per heavy atom. The Balaban J connectivity index is 1.50. The summed E-state index contributed by atoms with van der Waals surface area (Å²) in [6.45, 7) is 1.36. The summed E-state index contributed by atoms with van der Waals surface area (Å²) in [4.78, 5) is 23.9. The second-order valence-electron chi connectivity index (χ2n) is 10.2. The van der Waals surface area contributed by atoms with Gasteiger partial charge in [-0.1, -0.05) is 66.8 Å². The molecule has 3 aromatic carbocycles. The van der Waals surface area contributed by atoms with E-state index in [4.69, 9.17) is 41.6 Å². The molecular weight excluding hydrogens is 582 g/mol. The molecule has 11 nitrogen and oxygen atoms in total. The van der Waals surface area contributed by atoms with Crippen LogP contribution in [-0.2, 0) is 24.6 Å². The van der Waals surface area contributed by atoms with E-state index < -0.39 is 30.2 Å². The molecule has 2 aromatic heterocycles. The summed E-state index contributed by atoms with van der Waals surface area (Å²) in [6, 6.07) is 25.1. The van der Waals surface area contributed by atoms with Gasteiger partial charge < -0.3 is 34.4 Å². The largest absolute Gasteiger partial charge is 0.497 e. The standard InChI is InChI=1S/C32H31N5O6S/c1-19(38)41-25-17-26(37-18-34-27-28(37)35-31(33)36-29(27)44)42-30(25)43-32(20-7-5-4-6-8-20,21-9-13-23(39-2)14-10-21)22-11-15-24(40-3)16-12-22/h4-16,18,25-26,30H,17H2,1-3H3,(H3,33,35,36,44)/t25-,26-,30+/m0/s1. The number of anilines is 1. The maximum absolute atomic E-state index is 12.3. The lowest BCUT2D eigenvalue weighted by atomic mass is 9.80. The van der Waals surface area contributed by atoms with Gasteiger partial charge in [0, 0.05) is 13.3 Å². The van der Waals surface area contributed by atoms with Crippen LogP contribution < -0.4 is 15.2 Å². The van der Waals surface area contributed by atoms with Crippen LogP contribution in [0.1, 0.15) is 36.3 Å². The Hall–Kier alpha value is -4.78. The van der Waals surface area contributed by atoms with Crippen LogP contribution in [-0.4, -0.2) is 52.1 Å². The molecule has 12 heteroatoms. The molecule has 1 fully saturated rings. The Labute approximate surface area is 258 Å². The SMILES string of the molecule is COc1ccc(C(O[C@H]2O[C@H](n3cnc4c(=S)nc(N)[nH]c43)C[C@@H]2OC(C)=O)(c2ccccc2)c2ccc(OC)cc2)cc1. The van der Waals surface area contributed by atoms with E-state index in [0.717, 1.165) is 16.7 Å². The lowest BCUT2D eigenvalue weighted by molar-refractivity contribution is -0.222. The monoisotopic (exact) mass is 613 g/mol. The number of nitrogens with one attached hydrogen (secondary N) is 1. The molecule has 5 aromatic rings. The van der Waals surface area contributed by atoms with Gasteiger partial charge in [-0.05, 0) is 41.0 Å². The van der Waals surface area contributed by atoms with E-state index in [0.29, 0.717) is 22.7 Å². The number of esters is 1. The van der Waals surface area contributed by atoms with Gasteiger partial charge in [-0.25, -0.2) is 9.97 Å². The van der Waals surface area contributed by atoms with Crippen molar-refractivity contribution in [2.24, 2.45) is 0 Å². The summed E-state index contributed by atoms with van der Waals surface area (Å²) in [5.41, 5.74) is 8.21. The molecule has 1 saturated heterocycles. The average molecular weight is 614 g/mol. The summed E-state index contributed by atoms with van der Waals surface area (Å²) in [5.74, 6) is 1.07. The molecular formula is C32H31N5O6S. The minimum absolute atomic E-state index is 0.147. The number of ether oxygens (including phenoxy) is 5. The number of hydrogen-bond acceptors (Lipinski definition) is 10. The number of methoxy groups -OCH3 is 2. The number of nitrogens with two attached hydrogens (primary N) is 1. The predicted octanol–water partition coefficient (Wildman–Crippen LogP) is 5.27. The van der Waals surface area contributed by atoms with Crippen LogP contribution in [0.2, 0.25) is 0 Å². The molecule has 0 radical (unpaired) electrons. The molecule has 3 heterocycles. The highest BCUT2D eigenvalue weighted by atomic mass is 32.1. The summed E-state index contributed by atoms with van der Waals surface area (Å²) < 4.78 is 32.4. The number of aromatic nitrogens is 4. The van der Waals surface area contributed by atoms with Gasteiger partial charge in [0.1, 0.15) is 34.5 Å². The van der Waals surface area contributed by atoms with Crippen molar-refractivity contribution in [2.45, 2.75) is 37.6 Å². The van der Waals surface area contributed by atoms with Crippen molar-refractivity contribution in [1.82, 2.24) is 19.5 Å². The maximum Gasteiger partial charge on any atom is 0.303 e. The van der Waals surface area contributed by atoms with Crippen LogP contribution in [0.3, 0.4) is 0 Å². The molecule has 1 aliphatic rings. The number of carbonyl (C=O) groups is 1. The zero-order valence-corrected chi connectivity index (χ0v) is 25.1.